The zero-order valence-corrected chi connectivity index (χ0v) is 7.39. The lowest BCUT2D eigenvalue weighted by Gasteiger charge is -1.94. The Bertz CT molecular complexity index is 223. The van der Waals surface area contributed by atoms with Crippen molar-refractivity contribution in [3.63, 3.8) is 0 Å². The predicted molar refractivity (Wildman–Crippen MR) is 44.1 cm³/mol. The van der Waals surface area contributed by atoms with E-state index in [0.29, 0.717) is 11.8 Å². The van der Waals surface area contributed by atoms with Crippen molar-refractivity contribution in [2.75, 3.05) is 6.26 Å². The Morgan fingerprint density at radius 2 is 2.36 bits per heavy atom. The van der Waals surface area contributed by atoms with Gasteiger partial charge >= 0.3 is 0 Å². The fourth-order valence-corrected chi connectivity index (χ4v) is 0.996. The summed E-state index contributed by atoms with van der Waals surface area (Å²) in [6.07, 6.45) is 1.98. The summed E-state index contributed by atoms with van der Waals surface area (Å²) in [5.41, 5.74) is 5.52. The third kappa shape index (κ3) is 2.20. The number of rotatable bonds is 3. The predicted octanol–water partition coefficient (Wildman–Crippen LogP) is 0.952. The maximum Gasteiger partial charge on any atom is 0.232 e. The van der Waals surface area contributed by atoms with Gasteiger partial charge < -0.3 is 10.2 Å². The van der Waals surface area contributed by atoms with Crippen LogP contribution in [0.4, 0.5) is 0 Å². The lowest BCUT2D eigenvalue weighted by molar-refractivity contribution is 0.439. The van der Waals surface area contributed by atoms with Gasteiger partial charge in [0.25, 0.3) is 0 Å². The molecule has 0 aliphatic heterocycles. The molecule has 0 radical (unpaired) electrons. The van der Waals surface area contributed by atoms with Crippen LogP contribution in [0.3, 0.4) is 0 Å². The van der Waals surface area contributed by atoms with E-state index in [1.165, 1.54) is 0 Å². The van der Waals surface area contributed by atoms with E-state index >= 15 is 0 Å². The minimum Gasteiger partial charge on any atom is -0.423 e. The first-order valence-electron chi connectivity index (χ1n) is 3.31. The Labute approximate surface area is 69.6 Å². The summed E-state index contributed by atoms with van der Waals surface area (Å²) in [6.45, 7) is 1.82. The molecule has 0 amide bonds. The van der Waals surface area contributed by atoms with Gasteiger partial charge in [0.05, 0.1) is 11.8 Å². The van der Waals surface area contributed by atoms with Gasteiger partial charge in [-0.3, -0.25) is 0 Å². The second-order valence-electron chi connectivity index (χ2n) is 2.26. The molecule has 0 spiro atoms. The van der Waals surface area contributed by atoms with Crippen LogP contribution in [-0.4, -0.2) is 16.5 Å². The molecular formula is C6H11N3OS. The van der Waals surface area contributed by atoms with E-state index in [2.05, 4.69) is 10.2 Å². The topological polar surface area (TPSA) is 64.9 Å². The molecule has 0 aromatic carbocycles. The summed E-state index contributed by atoms with van der Waals surface area (Å²) in [7, 11) is 0. The Kier molecular flexibility index (Phi) is 2.90. The maximum absolute atomic E-state index is 5.52. The molecule has 0 bridgehead atoms. The summed E-state index contributed by atoms with van der Waals surface area (Å²) < 4.78 is 5.22. The highest BCUT2D eigenvalue weighted by molar-refractivity contribution is 7.97. The third-order valence-corrected chi connectivity index (χ3v) is 1.68. The molecule has 2 N–H and O–H groups in total. The molecule has 11 heavy (non-hydrogen) atoms. The van der Waals surface area contributed by atoms with Crippen molar-refractivity contribution in [3.05, 3.63) is 11.8 Å². The molecule has 0 saturated carbocycles. The Balaban J connectivity index is 2.66. The van der Waals surface area contributed by atoms with Gasteiger partial charge in [0, 0.05) is 0 Å². The van der Waals surface area contributed by atoms with Gasteiger partial charge in [0.15, 0.2) is 0 Å². The van der Waals surface area contributed by atoms with Gasteiger partial charge in [-0.15, -0.1) is 10.2 Å². The molecule has 0 aliphatic rings. The van der Waals surface area contributed by atoms with Crippen molar-refractivity contribution in [1.29, 1.82) is 0 Å². The zero-order valence-electron chi connectivity index (χ0n) is 6.57. The summed E-state index contributed by atoms with van der Waals surface area (Å²) in [6, 6.07) is -0.168. The molecule has 1 unspecified atom stereocenters. The quantitative estimate of drug-likeness (QED) is 0.737. The standard InChI is InChI=1S/C6H11N3OS/c1-4(7)6-9-8-5(10-6)3-11-2/h4H,3,7H2,1-2H3. The minimum absolute atomic E-state index is 0.168. The van der Waals surface area contributed by atoms with Crippen molar-refractivity contribution in [1.82, 2.24) is 10.2 Å². The number of hydrogen-bond donors (Lipinski definition) is 1. The van der Waals surface area contributed by atoms with E-state index in [9.17, 15) is 0 Å². The second-order valence-corrected chi connectivity index (χ2v) is 3.12. The Morgan fingerprint density at radius 1 is 1.64 bits per heavy atom. The molecule has 1 heterocycles. The van der Waals surface area contributed by atoms with Crippen molar-refractivity contribution in [2.24, 2.45) is 5.73 Å². The summed E-state index contributed by atoms with van der Waals surface area (Å²) >= 11 is 1.64. The van der Waals surface area contributed by atoms with Crippen molar-refractivity contribution in [3.8, 4) is 0 Å². The number of aromatic nitrogens is 2. The SMILES string of the molecule is CSCc1nnc(C(C)N)o1. The lowest BCUT2D eigenvalue weighted by atomic mass is 10.4. The van der Waals surface area contributed by atoms with Crippen LogP contribution in [0.15, 0.2) is 4.42 Å². The smallest absolute Gasteiger partial charge is 0.232 e. The average Bonchev–Trinajstić information content (AvgIpc) is 2.37. The van der Waals surface area contributed by atoms with Crippen LogP contribution in [0.25, 0.3) is 0 Å². The minimum atomic E-state index is -0.168. The van der Waals surface area contributed by atoms with Gasteiger partial charge in [0.2, 0.25) is 11.8 Å². The molecule has 1 aromatic rings. The largest absolute Gasteiger partial charge is 0.423 e. The van der Waals surface area contributed by atoms with Gasteiger partial charge in [-0.05, 0) is 13.2 Å². The highest BCUT2D eigenvalue weighted by atomic mass is 32.2. The molecule has 4 nitrogen and oxygen atoms in total. The Morgan fingerprint density at radius 3 is 2.82 bits per heavy atom. The maximum atomic E-state index is 5.52. The van der Waals surface area contributed by atoms with Crippen LogP contribution in [0.1, 0.15) is 24.7 Å². The molecule has 5 heteroatoms. The molecular weight excluding hydrogens is 162 g/mol. The van der Waals surface area contributed by atoms with Crippen molar-refractivity contribution in [2.45, 2.75) is 18.7 Å². The van der Waals surface area contributed by atoms with Crippen LogP contribution < -0.4 is 5.73 Å². The van der Waals surface area contributed by atoms with E-state index in [-0.39, 0.29) is 6.04 Å². The zero-order chi connectivity index (χ0) is 8.27. The highest BCUT2D eigenvalue weighted by Crippen LogP contribution is 2.11. The van der Waals surface area contributed by atoms with E-state index in [4.69, 9.17) is 10.2 Å². The van der Waals surface area contributed by atoms with Gasteiger partial charge in [-0.1, -0.05) is 0 Å². The average molecular weight is 173 g/mol. The van der Waals surface area contributed by atoms with Crippen LogP contribution in [-0.2, 0) is 5.75 Å². The van der Waals surface area contributed by atoms with E-state index in [0.717, 1.165) is 5.75 Å². The van der Waals surface area contributed by atoms with Crippen molar-refractivity contribution < 1.29 is 4.42 Å². The molecule has 0 fully saturated rings. The number of nitrogens with two attached hydrogens (primary N) is 1. The van der Waals surface area contributed by atoms with E-state index in [1.54, 1.807) is 11.8 Å². The number of nitrogens with zero attached hydrogens (tertiary/aromatic N) is 2. The van der Waals surface area contributed by atoms with Crippen LogP contribution >= 0.6 is 11.8 Å². The lowest BCUT2D eigenvalue weighted by Crippen LogP contribution is -2.04. The first-order valence-corrected chi connectivity index (χ1v) is 4.70. The van der Waals surface area contributed by atoms with E-state index < -0.39 is 0 Å². The molecule has 0 aliphatic carbocycles. The van der Waals surface area contributed by atoms with Gasteiger partial charge in [0.1, 0.15) is 0 Å². The monoisotopic (exact) mass is 173 g/mol. The molecule has 0 saturated heterocycles. The number of hydrogen-bond acceptors (Lipinski definition) is 5. The van der Waals surface area contributed by atoms with Gasteiger partial charge in [-0.2, -0.15) is 11.8 Å². The second kappa shape index (κ2) is 3.73. The summed E-state index contributed by atoms with van der Waals surface area (Å²) in [5, 5.41) is 7.59. The fourth-order valence-electron chi connectivity index (χ4n) is 0.632. The summed E-state index contributed by atoms with van der Waals surface area (Å²) in [4.78, 5) is 0. The van der Waals surface area contributed by atoms with Crippen molar-refractivity contribution >= 4 is 11.8 Å². The third-order valence-electron chi connectivity index (χ3n) is 1.14. The molecule has 1 rings (SSSR count). The van der Waals surface area contributed by atoms with Gasteiger partial charge in [-0.25, -0.2) is 0 Å². The summed E-state index contributed by atoms with van der Waals surface area (Å²) in [5.74, 6) is 1.90. The first kappa shape index (κ1) is 8.55. The van der Waals surface area contributed by atoms with E-state index in [1.807, 2.05) is 13.2 Å². The molecule has 1 aromatic heterocycles. The highest BCUT2D eigenvalue weighted by Gasteiger charge is 2.08. The Hall–Kier alpha value is -0.550. The number of thioether (sulfide) groups is 1. The first-order chi connectivity index (χ1) is 5.24. The van der Waals surface area contributed by atoms with Crippen LogP contribution in [0.2, 0.25) is 0 Å². The molecule has 1 atom stereocenters. The van der Waals surface area contributed by atoms with Crippen LogP contribution in [0.5, 0.6) is 0 Å². The molecule has 62 valence electrons. The normalized spacial score (nSPS) is 13.4. The van der Waals surface area contributed by atoms with Crippen LogP contribution in [0, 0.1) is 0 Å². The fraction of sp³-hybridized carbons (Fsp3) is 0.667.